The standard InChI is InChI=1S/C22H25NO4/c1-16(2)20-9-8-17(3)12-21(20)27-15-22(24)23(13-18-6-4-10-25-18)14-19-7-5-11-26-19/h4-12,16H,13-15H2,1-3H3. The molecule has 2 heterocycles. The van der Waals surface area contributed by atoms with Gasteiger partial charge in [-0.3, -0.25) is 4.79 Å². The Morgan fingerprint density at radius 3 is 2.19 bits per heavy atom. The molecule has 0 aliphatic carbocycles. The number of amides is 1. The van der Waals surface area contributed by atoms with Crippen molar-refractivity contribution in [3.8, 4) is 5.75 Å². The van der Waals surface area contributed by atoms with Crippen LogP contribution in [0.4, 0.5) is 0 Å². The van der Waals surface area contributed by atoms with Gasteiger partial charge in [-0.2, -0.15) is 0 Å². The van der Waals surface area contributed by atoms with Gasteiger partial charge in [0.05, 0.1) is 25.6 Å². The molecule has 0 unspecified atom stereocenters. The number of ether oxygens (including phenoxy) is 1. The van der Waals surface area contributed by atoms with Crippen LogP contribution >= 0.6 is 0 Å². The maximum atomic E-state index is 12.9. The van der Waals surface area contributed by atoms with Crippen LogP contribution in [-0.2, 0) is 17.9 Å². The van der Waals surface area contributed by atoms with Gasteiger partial charge in [-0.25, -0.2) is 0 Å². The van der Waals surface area contributed by atoms with Crippen molar-refractivity contribution in [3.05, 3.63) is 77.6 Å². The average Bonchev–Trinajstić information content (AvgIpc) is 3.33. The Hall–Kier alpha value is -2.95. The van der Waals surface area contributed by atoms with Crippen molar-refractivity contribution in [1.82, 2.24) is 4.90 Å². The van der Waals surface area contributed by atoms with Crippen molar-refractivity contribution < 1.29 is 18.4 Å². The third-order valence-electron chi connectivity index (χ3n) is 4.35. The minimum absolute atomic E-state index is 0.0371. The summed E-state index contributed by atoms with van der Waals surface area (Å²) in [5, 5.41) is 0. The molecule has 0 aliphatic heterocycles. The minimum Gasteiger partial charge on any atom is -0.483 e. The van der Waals surface area contributed by atoms with Gasteiger partial charge in [0, 0.05) is 0 Å². The van der Waals surface area contributed by atoms with E-state index in [1.54, 1.807) is 17.4 Å². The van der Waals surface area contributed by atoms with Gasteiger partial charge in [-0.05, 0) is 54.3 Å². The monoisotopic (exact) mass is 367 g/mol. The lowest BCUT2D eigenvalue weighted by Crippen LogP contribution is -2.34. The Bertz CT molecular complexity index is 814. The van der Waals surface area contributed by atoms with E-state index in [2.05, 4.69) is 26.0 Å². The van der Waals surface area contributed by atoms with Crippen LogP contribution in [0.1, 0.15) is 42.4 Å². The van der Waals surface area contributed by atoms with E-state index in [1.165, 1.54) is 0 Å². The summed E-state index contributed by atoms with van der Waals surface area (Å²) in [6, 6.07) is 13.4. The summed E-state index contributed by atoms with van der Waals surface area (Å²) in [7, 11) is 0. The Labute approximate surface area is 159 Å². The molecule has 0 fully saturated rings. The molecule has 0 spiro atoms. The van der Waals surface area contributed by atoms with Crippen LogP contribution in [0.15, 0.2) is 63.8 Å². The number of nitrogens with zero attached hydrogens (tertiary/aromatic N) is 1. The molecule has 1 amide bonds. The molecule has 2 aromatic heterocycles. The van der Waals surface area contributed by atoms with Gasteiger partial charge in [0.2, 0.25) is 0 Å². The van der Waals surface area contributed by atoms with E-state index < -0.39 is 0 Å². The lowest BCUT2D eigenvalue weighted by molar-refractivity contribution is -0.135. The van der Waals surface area contributed by atoms with Crippen molar-refractivity contribution in [2.24, 2.45) is 0 Å². The Balaban J connectivity index is 1.71. The zero-order valence-electron chi connectivity index (χ0n) is 16.0. The number of rotatable bonds is 8. The first kappa shape index (κ1) is 18.8. The summed E-state index contributed by atoms with van der Waals surface area (Å²) in [5.41, 5.74) is 2.20. The van der Waals surface area contributed by atoms with Gasteiger partial charge in [-0.15, -0.1) is 0 Å². The van der Waals surface area contributed by atoms with Crippen molar-refractivity contribution >= 4 is 5.91 Å². The molecule has 0 saturated heterocycles. The topological polar surface area (TPSA) is 55.8 Å². The maximum Gasteiger partial charge on any atom is 0.261 e. The molecule has 0 aliphatic rings. The van der Waals surface area contributed by atoms with E-state index in [0.717, 1.165) is 16.9 Å². The average molecular weight is 367 g/mol. The van der Waals surface area contributed by atoms with E-state index in [9.17, 15) is 4.79 Å². The third kappa shape index (κ3) is 5.03. The fourth-order valence-corrected chi connectivity index (χ4v) is 2.89. The minimum atomic E-state index is -0.126. The highest BCUT2D eigenvalue weighted by Gasteiger charge is 2.19. The first-order chi connectivity index (χ1) is 13.0. The predicted octanol–water partition coefficient (Wildman–Crippen LogP) is 4.91. The van der Waals surface area contributed by atoms with Gasteiger partial charge in [0.1, 0.15) is 17.3 Å². The fraction of sp³-hybridized carbons (Fsp3) is 0.318. The van der Waals surface area contributed by atoms with Crippen LogP contribution in [0.3, 0.4) is 0 Å². The van der Waals surface area contributed by atoms with Crippen molar-refractivity contribution in [2.75, 3.05) is 6.61 Å². The highest BCUT2D eigenvalue weighted by Crippen LogP contribution is 2.27. The normalized spacial score (nSPS) is 11.0. The molecule has 0 saturated carbocycles. The predicted molar refractivity (Wildman–Crippen MR) is 102 cm³/mol. The van der Waals surface area contributed by atoms with Crippen LogP contribution in [0.5, 0.6) is 5.75 Å². The molecule has 142 valence electrons. The second-order valence-corrected chi connectivity index (χ2v) is 6.89. The van der Waals surface area contributed by atoms with E-state index >= 15 is 0 Å². The Kier molecular flexibility index (Phi) is 6.01. The number of hydrogen-bond acceptors (Lipinski definition) is 4. The summed E-state index contributed by atoms with van der Waals surface area (Å²) in [6.07, 6.45) is 3.20. The van der Waals surface area contributed by atoms with Gasteiger partial charge < -0.3 is 18.5 Å². The van der Waals surface area contributed by atoms with Gasteiger partial charge >= 0.3 is 0 Å². The number of carbonyl (C=O) groups excluding carboxylic acids is 1. The van der Waals surface area contributed by atoms with E-state index in [0.29, 0.717) is 30.5 Å². The Morgan fingerprint density at radius 1 is 1.04 bits per heavy atom. The van der Waals surface area contributed by atoms with E-state index in [-0.39, 0.29) is 12.5 Å². The highest BCUT2D eigenvalue weighted by molar-refractivity contribution is 5.77. The second-order valence-electron chi connectivity index (χ2n) is 6.89. The van der Waals surface area contributed by atoms with Crippen LogP contribution < -0.4 is 4.74 Å². The SMILES string of the molecule is Cc1ccc(C(C)C)c(OCC(=O)N(Cc2ccco2)Cc2ccco2)c1. The molecule has 0 radical (unpaired) electrons. The Morgan fingerprint density at radius 2 is 1.67 bits per heavy atom. The zero-order chi connectivity index (χ0) is 19.2. The second kappa shape index (κ2) is 8.62. The lowest BCUT2D eigenvalue weighted by Gasteiger charge is -2.22. The number of carbonyl (C=O) groups is 1. The summed E-state index contributed by atoms with van der Waals surface area (Å²) in [6.45, 7) is 6.92. The first-order valence-corrected chi connectivity index (χ1v) is 9.09. The number of hydrogen-bond donors (Lipinski definition) is 0. The number of aryl methyl sites for hydroxylation is 1. The molecule has 1 aromatic carbocycles. The van der Waals surface area contributed by atoms with Crippen LogP contribution in [0.2, 0.25) is 0 Å². The fourth-order valence-electron chi connectivity index (χ4n) is 2.89. The van der Waals surface area contributed by atoms with Crippen LogP contribution in [0.25, 0.3) is 0 Å². The molecule has 5 heteroatoms. The third-order valence-corrected chi connectivity index (χ3v) is 4.35. The van der Waals surface area contributed by atoms with Crippen LogP contribution in [0, 0.1) is 6.92 Å². The van der Waals surface area contributed by atoms with Gasteiger partial charge in [0.25, 0.3) is 5.91 Å². The summed E-state index contributed by atoms with van der Waals surface area (Å²) < 4.78 is 16.7. The van der Waals surface area contributed by atoms with Gasteiger partial charge in [-0.1, -0.05) is 26.0 Å². The first-order valence-electron chi connectivity index (χ1n) is 9.09. The van der Waals surface area contributed by atoms with Crippen LogP contribution in [-0.4, -0.2) is 17.4 Å². The zero-order valence-corrected chi connectivity index (χ0v) is 16.0. The van der Waals surface area contributed by atoms with E-state index in [4.69, 9.17) is 13.6 Å². The van der Waals surface area contributed by atoms with E-state index in [1.807, 2.05) is 37.3 Å². The quantitative estimate of drug-likeness (QED) is 0.567. The number of benzene rings is 1. The molecular weight excluding hydrogens is 342 g/mol. The summed E-state index contributed by atoms with van der Waals surface area (Å²) >= 11 is 0. The summed E-state index contributed by atoms with van der Waals surface area (Å²) in [5.74, 6) is 2.38. The van der Waals surface area contributed by atoms with Crippen molar-refractivity contribution in [3.63, 3.8) is 0 Å². The molecule has 3 aromatic rings. The molecule has 0 N–H and O–H groups in total. The molecule has 0 bridgehead atoms. The molecule has 0 atom stereocenters. The van der Waals surface area contributed by atoms with Crippen molar-refractivity contribution in [1.29, 1.82) is 0 Å². The molecule has 5 nitrogen and oxygen atoms in total. The van der Waals surface area contributed by atoms with Crippen molar-refractivity contribution in [2.45, 2.75) is 39.8 Å². The molecular formula is C22H25NO4. The molecule has 27 heavy (non-hydrogen) atoms. The summed E-state index contributed by atoms with van der Waals surface area (Å²) in [4.78, 5) is 14.5. The smallest absolute Gasteiger partial charge is 0.261 e. The van der Waals surface area contributed by atoms with Gasteiger partial charge in [0.15, 0.2) is 6.61 Å². The highest BCUT2D eigenvalue weighted by atomic mass is 16.5. The lowest BCUT2D eigenvalue weighted by atomic mass is 10.0. The number of furan rings is 2. The largest absolute Gasteiger partial charge is 0.483 e. The molecule has 3 rings (SSSR count). The maximum absolute atomic E-state index is 12.9.